The second-order valence-electron chi connectivity index (χ2n) is 7.51. The summed E-state index contributed by atoms with van der Waals surface area (Å²) in [4.78, 5) is 31.1. The van der Waals surface area contributed by atoms with Crippen LogP contribution >= 0.6 is 11.6 Å². The maximum absolute atomic E-state index is 12.3. The summed E-state index contributed by atoms with van der Waals surface area (Å²) < 4.78 is 5.01. The van der Waals surface area contributed by atoms with Gasteiger partial charge >= 0.3 is 5.97 Å². The van der Waals surface area contributed by atoms with Crippen molar-refractivity contribution in [3.63, 3.8) is 0 Å². The molecule has 1 aliphatic heterocycles. The molecular formula is C20H26Cl2N4O5. The molecule has 170 valence electrons. The number of quaternary nitrogens is 1. The molecule has 1 aromatic carbocycles. The second kappa shape index (κ2) is 10.8. The first-order valence-electron chi connectivity index (χ1n) is 9.99. The van der Waals surface area contributed by atoms with E-state index in [2.05, 4.69) is 12.0 Å². The summed E-state index contributed by atoms with van der Waals surface area (Å²) >= 11 is 6.40. The first-order chi connectivity index (χ1) is 14.3. The average molecular weight is 473 g/mol. The monoisotopic (exact) mass is 472 g/mol. The van der Waals surface area contributed by atoms with Crippen molar-refractivity contribution in [3.8, 4) is 0 Å². The van der Waals surface area contributed by atoms with Gasteiger partial charge in [0.15, 0.2) is 0 Å². The van der Waals surface area contributed by atoms with Gasteiger partial charge in [-0.05, 0) is 25.8 Å². The lowest BCUT2D eigenvalue weighted by Crippen LogP contribution is -3.12. The lowest BCUT2D eigenvalue weighted by molar-refractivity contribution is -0.880. The summed E-state index contributed by atoms with van der Waals surface area (Å²) in [6.07, 6.45) is 3.10. The highest BCUT2D eigenvalue weighted by molar-refractivity contribution is 6.33. The minimum atomic E-state index is -0.760. The number of hydrogen-bond donors (Lipinski definition) is 2. The standard InChI is InChI=1S/C20H25ClN4O5.ClH/c1-3-30-20(27)15(12-22-13-4-5-13)19(26)14-10-18(25(28)29)17(11-16(14)21)24-8-6-23(2)7-9-24;/h10-13,26H,3-9H2,1-2H3;1H. The Bertz CT molecular complexity index is 894. The number of nitrogens with one attached hydrogen (secondary N) is 1. The lowest BCUT2D eigenvalue weighted by atomic mass is 10.1. The Morgan fingerprint density at radius 2 is 2.06 bits per heavy atom. The maximum atomic E-state index is 12.3. The quantitative estimate of drug-likeness (QED) is 0.127. The minimum absolute atomic E-state index is 0. The summed E-state index contributed by atoms with van der Waals surface area (Å²) in [6, 6.07) is 2.81. The Balaban J connectivity index is 0.00000341. The number of aliphatic imine (C=N–C) groups is 1. The molecule has 1 aromatic rings. The van der Waals surface area contributed by atoms with E-state index in [0.29, 0.717) is 18.8 Å². The van der Waals surface area contributed by atoms with Crippen LogP contribution in [0, 0.1) is 10.1 Å². The number of halogens is 2. The van der Waals surface area contributed by atoms with Gasteiger partial charge in [-0.2, -0.15) is 0 Å². The van der Waals surface area contributed by atoms with E-state index in [1.54, 1.807) is 6.92 Å². The number of aliphatic hydroxyl groups excluding tert-OH is 1. The Morgan fingerprint density at radius 3 is 2.61 bits per heavy atom. The van der Waals surface area contributed by atoms with Gasteiger partial charge in [0.25, 0.3) is 5.69 Å². The molecule has 31 heavy (non-hydrogen) atoms. The van der Waals surface area contributed by atoms with Gasteiger partial charge in [-0.25, -0.2) is 4.79 Å². The maximum Gasteiger partial charge on any atom is 0.343 e. The van der Waals surface area contributed by atoms with Gasteiger partial charge in [0.1, 0.15) is 17.0 Å². The number of nitro benzene ring substituents is 1. The first-order valence-corrected chi connectivity index (χ1v) is 10.4. The van der Waals surface area contributed by atoms with Gasteiger partial charge < -0.3 is 32.1 Å². The summed E-state index contributed by atoms with van der Waals surface area (Å²) in [5.41, 5.74) is 0.0503. The van der Waals surface area contributed by atoms with Gasteiger partial charge in [-0.1, -0.05) is 11.6 Å². The molecule has 0 aromatic heterocycles. The third-order valence-electron chi connectivity index (χ3n) is 5.19. The van der Waals surface area contributed by atoms with E-state index in [0.717, 1.165) is 25.9 Å². The summed E-state index contributed by atoms with van der Waals surface area (Å²) in [7, 11) is 2.07. The van der Waals surface area contributed by atoms with Crippen LogP contribution in [0.5, 0.6) is 0 Å². The first kappa shape index (κ1) is 24.9. The topological polar surface area (TPSA) is 110 Å². The van der Waals surface area contributed by atoms with Gasteiger partial charge in [0.2, 0.25) is 0 Å². The molecule has 1 saturated heterocycles. The summed E-state index contributed by atoms with van der Waals surface area (Å²) in [5, 5.41) is 22.7. The number of piperazine rings is 1. The Labute approximate surface area is 191 Å². The number of anilines is 1. The van der Waals surface area contributed by atoms with E-state index >= 15 is 0 Å². The van der Waals surface area contributed by atoms with E-state index in [4.69, 9.17) is 16.3 Å². The number of likely N-dealkylation sites (N-methyl/N-ethyl adjacent to an activating group) is 1. The van der Waals surface area contributed by atoms with Crippen molar-refractivity contribution in [1.29, 1.82) is 0 Å². The number of nitrogens with zero attached hydrogens (tertiary/aromatic N) is 3. The highest BCUT2D eigenvalue weighted by atomic mass is 35.5. The molecule has 9 nitrogen and oxygen atoms in total. The number of ether oxygens (including phenoxy) is 1. The van der Waals surface area contributed by atoms with Crippen LogP contribution in [0.1, 0.15) is 25.3 Å². The minimum Gasteiger partial charge on any atom is -1.00 e. The second-order valence-corrected chi connectivity index (χ2v) is 7.92. The summed E-state index contributed by atoms with van der Waals surface area (Å²) in [5.74, 6) is -1.25. The van der Waals surface area contributed by atoms with E-state index in [9.17, 15) is 20.0 Å². The molecule has 0 bridgehead atoms. The molecular weight excluding hydrogens is 447 g/mol. The number of carbonyl (C=O) groups excluding carboxylic acids is 1. The van der Waals surface area contributed by atoms with Gasteiger partial charge in [0.05, 0.1) is 55.8 Å². The van der Waals surface area contributed by atoms with Crippen LogP contribution < -0.4 is 22.2 Å². The van der Waals surface area contributed by atoms with Crippen molar-refractivity contribution in [2.75, 3.05) is 44.7 Å². The molecule has 0 unspecified atom stereocenters. The van der Waals surface area contributed by atoms with Gasteiger partial charge in [-0.15, -0.1) is 0 Å². The van der Waals surface area contributed by atoms with Crippen LogP contribution in [0.3, 0.4) is 0 Å². The smallest absolute Gasteiger partial charge is 0.343 e. The van der Waals surface area contributed by atoms with Crippen molar-refractivity contribution < 1.29 is 36.9 Å². The highest BCUT2D eigenvalue weighted by Gasteiger charge is 2.28. The number of esters is 1. The van der Waals surface area contributed by atoms with E-state index in [-0.39, 0.29) is 46.9 Å². The fraction of sp³-hybridized carbons (Fsp3) is 0.500. The number of carbonyl (C=O) groups is 1. The highest BCUT2D eigenvalue weighted by Crippen LogP contribution is 2.37. The molecule has 1 heterocycles. The Morgan fingerprint density at radius 1 is 1.42 bits per heavy atom. The van der Waals surface area contributed by atoms with Crippen molar-refractivity contribution >= 4 is 40.9 Å². The number of aliphatic hydroxyl groups is 1. The van der Waals surface area contributed by atoms with Gasteiger partial charge in [0, 0.05) is 17.8 Å². The van der Waals surface area contributed by atoms with Crippen molar-refractivity contribution in [2.24, 2.45) is 4.99 Å². The Hall–Kier alpha value is -2.36. The molecule has 0 atom stereocenters. The zero-order chi connectivity index (χ0) is 21.8. The van der Waals surface area contributed by atoms with Crippen molar-refractivity contribution in [1.82, 2.24) is 0 Å². The zero-order valence-electron chi connectivity index (χ0n) is 17.4. The SMILES string of the molecule is CCOC(=O)C(C=NC1CC1)=C(O)c1cc([N+](=O)[O-])c(N2CC[NH+](C)CC2)cc1Cl.[Cl-]. The summed E-state index contributed by atoms with van der Waals surface area (Å²) in [6.45, 7) is 4.79. The molecule has 1 aliphatic carbocycles. The van der Waals surface area contributed by atoms with Crippen LogP contribution in [0.4, 0.5) is 11.4 Å². The van der Waals surface area contributed by atoms with E-state index < -0.39 is 16.7 Å². The third kappa shape index (κ3) is 6.09. The molecule has 3 rings (SSSR count). The fourth-order valence-corrected chi connectivity index (χ4v) is 3.48. The molecule has 1 saturated carbocycles. The normalized spacial score (nSPS) is 17.8. The molecule has 0 amide bonds. The molecule has 0 spiro atoms. The number of hydrogen-bond acceptors (Lipinski definition) is 7. The predicted molar refractivity (Wildman–Crippen MR) is 115 cm³/mol. The average Bonchev–Trinajstić information content (AvgIpc) is 3.53. The number of nitro groups is 1. The van der Waals surface area contributed by atoms with Gasteiger partial charge in [-0.3, -0.25) is 15.1 Å². The van der Waals surface area contributed by atoms with Crippen LogP contribution in [0.25, 0.3) is 5.76 Å². The van der Waals surface area contributed by atoms with Crippen LogP contribution in [0.15, 0.2) is 22.7 Å². The fourth-order valence-electron chi connectivity index (χ4n) is 3.23. The molecule has 2 aliphatic rings. The molecule has 11 heteroatoms. The molecule has 2 N–H and O–H groups in total. The predicted octanol–water partition coefficient (Wildman–Crippen LogP) is -1.35. The van der Waals surface area contributed by atoms with Crippen molar-refractivity contribution in [3.05, 3.63) is 38.4 Å². The number of benzene rings is 1. The van der Waals surface area contributed by atoms with Crippen LogP contribution in [0.2, 0.25) is 5.02 Å². The lowest BCUT2D eigenvalue weighted by Gasteiger charge is -2.31. The largest absolute Gasteiger partial charge is 1.00 e. The van der Waals surface area contributed by atoms with E-state index in [1.807, 2.05) is 4.90 Å². The molecule has 2 fully saturated rings. The third-order valence-corrected chi connectivity index (χ3v) is 5.50. The number of rotatable bonds is 7. The van der Waals surface area contributed by atoms with E-state index in [1.165, 1.54) is 23.2 Å². The van der Waals surface area contributed by atoms with Crippen LogP contribution in [-0.4, -0.2) is 68.1 Å². The van der Waals surface area contributed by atoms with Crippen LogP contribution in [-0.2, 0) is 9.53 Å². The van der Waals surface area contributed by atoms with Crippen molar-refractivity contribution in [2.45, 2.75) is 25.8 Å². The molecule has 0 radical (unpaired) electrons. The zero-order valence-corrected chi connectivity index (χ0v) is 18.9. The Kier molecular flexibility index (Phi) is 8.67.